The fourth-order valence-electron chi connectivity index (χ4n) is 1.88. The summed E-state index contributed by atoms with van der Waals surface area (Å²) in [7, 11) is 3.49. The third-order valence-corrected chi connectivity index (χ3v) is 6.92. The minimum absolute atomic E-state index is 0.181. The van der Waals surface area contributed by atoms with Gasteiger partial charge in [-0.3, -0.25) is 4.79 Å². The smallest absolute Gasteiger partial charge is 0.293 e. The van der Waals surface area contributed by atoms with Gasteiger partial charge < -0.3 is 0 Å². The van der Waals surface area contributed by atoms with Gasteiger partial charge in [0.15, 0.2) is 16.1 Å². The molecule has 104 valence electrons. The third-order valence-electron chi connectivity index (χ3n) is 2.96. The fourth-order valence-corrected chi connectivity index (χ4v) is 5.61. The number of thioether (sulfide) groups is 1. The van der Waals surface area contributed by atoms with E-state index >= 15 is 0 Å². The Balaban J connectivity index is 1.64. The second-order valence-corrected chi connectivity index (χ2v) is 7.93. The van der Waals surface area contributed by atoms with Crippen LogP contribution in [-0.4, -0.2) is 11.5 Å². The van der Waals surface area contributed by atoms with Crippen LogP contribution in [0, 0.1) is 0 Å². The Kier molecular flexibility index (Phi) is 4.80. The topological polar surface area (TPSA) is 17.1 Å². The molecule has 0 N–H and O–H groups in total. The van der Waals surface area contributed by atoms with Gasteiger partial charge in [0.2, 0.25) is 0 Å². The highest BCUT2D eigenvalue weighted by atomic mass is 32.9. The Morgan fingerprint density at radius 1 is 1.00 bits per heavy atom. The fraction of sp³-hybridized carbons (Fsp3) is 0.0588. The average molecular weight is 329 g/mol. The Labute approximate surface area is 135 Å². The summed E-state index contributed by atoms with van der Waals surface area (Å²) in [6.45, 7) is 0. The molecule has 0 aliphatic heterocycles. The summed E-state index contributed by atoms with van der Waals surface area (Å²) in [5.41, 5.74) is 2.02. The van der Waals surface area contributed by atoms with Gasteiger partial charge in [0, 0.05) is 11.6 Å². The highest BCUT2D eigenvalue weighted by molar-refractivity contribution is 8.03. The largest absolute Gasteiger partial charge is 0.308 e. The van der Waals surface area contributed by atoms with Crippen molar-refractivity contribution in [2.75, 3.05) is 5.75 Å². The molecular weight excluding hydrogens is 316 g/mol. The van der Waals surface area contributed by atoms with Crippen LogP contribution in [0.2, 0.25) is 0 Å². The van der Waals surface area contributed by atoms with Gasteiger partial charge in [-0.2, -0.15) is 0 Å². The maximum absolute atomic E-state index is 12.1. The molecule has 2 aromatic carbocycles. The van der Waals surface area contributed by atoms with Crippen molar-refractivity contribution in [3.8, 4) is 10.4 Å². The summed E-state index contributed by atoms with van der Waals surface area (Å²) in [4.78, 5) is 13.3. The number of hydrogen-bond acceptors (Lipinski definition) is 3. The molecule has 0 radical (unpaired) electrons. The van der Waals surface area contributed by atoms with Crippen molar-refractivity contribution < 1.29 is 4.79 Å². The van der Waals surface area contributed by atoms with Crippen molar-refractivity contribution in [1.29, 1.82) is 0 Å². The Morgan fingerprint density at radius 3 is 2.38 bits per heavy atom. The average Bonchev–Trinajstić information content (AvgIpc) is 3.03. The third kappa shape index (κ3) is 3.79. The zero-order valence-corrected chi connectivity index (χ0v) is 13.6. The lowest BCUT2D eigenvalue weighted by molar-refractivity contribution is 0.102. The minimum atomic E-state index is 0.181. The molecule has 0 saturated carbocycles. The summed E-state index contributed by atoms with van der Waals surface area (Å²) < 4.78 is 1.20. The minimum Gasteiger partial charge on any atom is -0.293 e. The van der Waals surface area contributed by atoms with E-state index in [2.05, 4.69) is 18.2 Å². The van der Waals surface area contributed by atoms with Crippen LogP contribution in [0.4, 0.5) is 0 Å². The first-order chi connectivity index (χ1) is 10.3. The molecular formula is C17H13OS3+. The van der Waals surface area contributed by atoms with E-state index in [-0.39, 0.29) is 5.78 Å². The molecule has 1 nitrogen and oxygen atoms in total. The normalized spacial score (nSPS) is 10.5. The molecule has 4 heteroatoms. The highest BCUT2D eigenvalue weighted by Gasteiger charge is 2.17. The predicted octanol–water partition coefficient (Wildman–Crippen LogP) is 5.73. The second kappa shape index (κ2) is 6.98. The van der Waals surface area contributed by atoms with Crippen molar-refractivity contribution in [1.82, 2.24) is 0 Å². The highest BCUT2D eigenvalue weighted by Crippen LogP contribution is 2.36. The number of rotatable bonds is 5. The van der Waals surface area contributed by atoms with E-state index in [1.807, 2.05) is 48.5 Å². The molecule has 0 aliphatic rings. The molecule has 0 unspecified atom stereocenters. The van der Waals surface area contributed by atoms with Gasteiger partial charge in [0.25, 0.3) is 4.21 Å². The van der Waals surface area contributed by atoms with E-state index < -0.39 is 0 Å². The summed E-state index contributed by atoms with van der Waals surface area (Å²) in [5, 5.41) is 0. The van der Waals surface area contributed by atoms with E-state index in [1.165, 1.54) is 14.6 Å². The molecule has 3 aromatic rings. The molecule has 1 aromatic heterocycles. The van der Waals surface area contributed by atoms with Crippen LogP contribution < -0.4 is 0 Å². The van der Waals surface area contributed by atoms with Crippen molar-refractivity contribution in [2.45, 2.75) is 4.21 Å². The first kappa shape index (κ1) is 14.4. The molecule has 21 heavy (non-hydrogen) atoms. The number of Topliss-reactive ketones (excluding diaryl/α,β-unsaturated/α-hetero) is 1. The molecule has 0 fully saturated rings. The van der Waals surface area contributed by atoms with Gasteiger partial charge in [0.1, 0.15) is 0 Å². The van der Waals surface area contributed by atoms with E-state index in [1.54, 1.807) is 32.4 Å². The van der Waals surface area contributed by atoms with Crippen LogP contribution >= 0.6 is 32.4 Å². The van der Waals surface area contributed by atoms with Crippen molar-refractivity contribution in [2.24, 2.45) is 0 Å². The van der Waals surface area contributed by atoms with Crippen molar-refractivity contribution in [3.05, 3.63) is 72.3 Å². The Hall–Kier alpha value is -1.49. The van der Waals surface area contributed by atoms with Gasteiger partial charge in [-0.05, 0) is 5.56 Å². The van der Waals surface area contributed by atoms with Gasteiger partial charge in [-0.25, -0.2) is 0 Å². The molecule has 3 rings (SSSR count). The summed E-state index contributed by atoms with van der Waals surface area (Å²) >= 11 is 1.62. The van der Waals surface area contributed by atoms with Crippen molar-refractivity contribution >= 4 is 38.2 Å². The predicted molar refractivity (Wildman–Crippen MR) is 93.5 cm³/mol. The monoisotopic (exact) mass is 329 g/mol. The quantitative estimate of drug-likeness (QED) is 0.257. The number of ketones is 1. The number of benzene rings is 2. The first-order valence-corrected chi connectivity index (χ1v) is 9.66. The standard InChI is InChI=1S/C17H13OS3/c18-15(13-7-3-1-4-8-13)12-19-17-11-16(20-21-17)14-9-5-2-6-10-14/h1-11H,12H2/q+1. The lowest BCUT2D eigenvalue weighted by Crippen LogP contribution is -2.01. The Bertz CT molecular complexity index is 720. The van der Waals surface area contributed by atoms with E-state index in [4.69, 9.17) is 0 Å². The maximum atomic E-state index is 12.1. The zero-order chi connectivity index (χ0) is 14.5. The van der Waals surface area contributed by atoms with Crippen LogP contribution in [0.25, 0.3) is 10.4 Å². The van der Waals surface area contributed by atoms with Gasteiger partial charge in [-0.1, -0.05) is 72.4 Å². The van der Waals surface area contributed by atoms with Crippen LogP contribution in [0.3, 0.4) is 0 Å². The molecule has 1 heterocycles. The van der Waals surface area contributed by atoms with Crippen LogP contribution in [-0.2, 0) is 0 Å². The number of carbonyl (C=O) groups excluding carboxylic acids is 1. The zero-order valence-electron chi connectivity index (χ0n) is 11.2. The molecule has 0 amide bonds. The maximum Gasteiger partial charge on any atom is 0.308 e. The molecule has 0 atom stereocenters. The SMILES string of the molecule is O=C(CSc1cc(-c2ccccc2)s[s+]1)c1ccccc1. The summed E-state index contributed by atoms with van der Waals surface area (Å²) in [6, 6.07) is 22.0. The van der Waals surface area contributed by atoms with Crippen LogP contribution in [0.15, 0.2) is 70.9 Å². The van der Waals surface area contributed by atoms with Gasteiger partial charge >= 0.3 is 10.3 Å². The molecule has 0 aliphatic carbocycles. The Morgan fingerprint density at radius 2 is 1.67 bits per heavy atom. The number of hydrogen-bond donors (Lipinski definition) is 0. The van der Waals surface area contributed by atoms with E-state index in [9.17, 15) is 4.79 Å². The molecule has 0 saturated heterocycles. The lowest BCUT2D eigenvalue weighted by atomic mass is 10.2. The van der Waals surface area contributed by atoms with Gasteiger partial charge in [-0.15, -0.1) is 0 Å². The van der Waals surface area contributed by atoms with Gasteiger partial charge in [0.05, 0.1) is 10.6 Å². The molecule has 0 bridgehead atoms. The number of carbonyl (C=O) groups is 1. The summed E-state index contributed by atoms with van der Waals surface area (Å²) in [6.07, 6.45) is 0. The first-order valence-electron chi connectivity index (χ1n) is 6.52. The van der Waals surface area contributed by atoms with E-state index in [0.29, 0.717) is 5.75 Å². The van der Waals surface area contributed by atoms with Crippen molar-refractivity contribution in [3.63, 3.8) is 0 Å². The van der Waals surface area contributed by atoms with E-state index in [0.717, 1.165) is 5.56 Å². The summed E-state index contributed by atoms with van der Waals surface area (Å²) in [5.74, 6) is 0.672. The lowest BCUT2D eigenvalue weighted by Gasteiger charge is -1.96. The molecule has 0 spiro atoms. The second-order valence-electron chi connectivity index (χ2n) is 4.44. The van der Waals surface area contributed by atoms with Crippen LogP contribution in [0.1, 0.15) is 10.4 Å². The van der Waals surface area contributed by atoms with Crippen LogP contribution in [0.5, 0.6) is 0 Å².